The number of aryl methyl sites for hydroxylation is 2. The van der Waals surface area contributed by atoms with E-state index in [0.717, 1.165) is 42.8 Å². The van der Waals surface area contributed by atoms with Gasteiger partial charge >= 0.3 is 0 Å². The first-order valence-corrected chi connectivity index (χ1v) is 7.28. The van der Waals surface area contributed by atoms with Crippen molar-refractivity contribution >= 4 is 34.6 Å². The molecule has 0 aromatic heterocycles. The van der Waals surface area contributed by atoms with Gasteiger partial charge in [-0.1, -0.05) is 17.7 Å². The average molecular weight is 299 g/mol. The third kappa shape index (κ3) is 4.06. The van der Waals surface area contributed by atoms with E-state index in [0.29, 0.717) is 10.1 Å². The highest BCUT2D eigenvalue weighted by atomic mass is 35.5. The van der Waals surface area contributed by atoms with E-state index in [2.05, 4.69) is 16.7 Å². The van der Waals surface area contributed by atoms with Crippen LogP contribution in [0.3, 0.4) is 0 Å². The summed E-state index contributed by atoms with van der Waals surface area (Å²) >= 11 is 11.5. The Balaban J connectivity index is 1.91. The van der Waals surface area contributed by atoms with E-state index in [1.807, 2.05) is 19.9 Å². The smallest absolute Gasteiger partial charge is 0.170 e. The fraction of sp³-hybridized carbons (Fsp3) is 0.500. The van der Waals surface area contributed by atoms with Crippen LogP contribution in [0, 0.1) is 13.8 Å². The first-order valence-electron chi connectivity index (χ1n) is 6.49. The van der Waals surface area contributed by atoms with Crippen LogP contribution in [0.15, 0.2) is 12.1 Å². The zero-order chi connectivity index (χ0) is 13.8. The molecule has 1 aromatic rings. The van der Waals surface area contributed by atoms with Crippen LogP contribution < -0.4 is 10.6 Å². The summed E-state index contributed by atoms with van der Waals surface area (Å²) in [7, 11) is 0. The van der Waals surface area contributed by atoms with Crippen LogP contribution >= 0.6 is 23.8 Å². The number of hydrogen-bond donors (Lipinski definition) is 2. The van der Waals surface area contributed by atoms with Gasteiger partial charge in [0, 0.05) is 13.2 Å². The van der Waals surface area contributed by atoms with E-state index in [4.69, 9.17) is 28.6 Å². The Morgan fingerprint density at radius 1 is 1.47 bits per heavy atom. The Labute approximate surface area is 124 Å². The first kappa shape index (κ1) is 14.6. The molecule has 2 N–H and O–H groups in total. The first-order chi connectivity index (χ1) is 9.06. The number of benzene rings is 1. The van der Waals surface area contributed by atoms with Crippen LogP contribution in [0.4, 0.5) is 5.69 Å². The lowest BCUT2D eigenvalue weighted by Gasteiger charge is -2.16. The maximum Gasteiger partial charge on any atom is 0.170 e. The van der Waals surface area contributed by atoms with Gasteiger partial charge in [-0.2, -0.15) is 0 Å². The van der Waals surface area contributed by atoms with Crippen LogP contribution in [0.1, 0.15) is 24.0 Å². The summed E-state index contributed by atoms with van der Waals surface area (Å²) in [5.41, 5.74) is 3.11. The SMILES string of the molecule is Cc1cc(C)c(NC(=S)NC[C@H]2CCCO2)c(Cl)c1. The van der Waals surface area contributed by atoms with Crippen molar-refractivity contribution in [1.29, 1.82) is 0 Å². The van der Waals surface area contributed by atoms with E-state index in [9.17, 15) is 0 Å². The molecule has 1 saturated heterocycles. The Morgan fingerprint density at radius 3 is 2.89 bits per heavy atom. The monoisotopic (exact) mass is 298 g/mol. The molecule has 0 saturated carbocycles. The van der Waals surface area contributed by atoms with Gasteiger partial charge in [0.25, 0.3) is 0 Å². The van der Waals surface area contributed by atoms with Gasteiger partial charge in [0.15, 0.2) is 5.11 Å². The van der Waals surface area contributed by atoms with Gasteiger partial charge in [-0.15, -0.1) is 0 Å². The Bertz CT molecular complexity index is 450. The Morgan fingerprint density at radius 2 is 2.26 bits per heavy atom. The summed E-state index contributed by atoms with van der Waals surface area (Å²) in [4.78, 5) is 0. The number of rotatable bonds is 3. The minimum atomic E-state index is 0.273. The quantitative estimate of drug-likeness (QED) is 0.838. The third-order valence-corrected chi connectivity index (χ3v) is 3.73. The van der Waals surface area contributed by atoms with Crippen molar-refractivity contribution in [2.75, 3.05) is 18.5 Å². The number of ether oxygens (including phenoxy) is 1. The topological polar surface area (TPSA) is 33.3 Å². The summed E-state index contributed by atoms with van der Waals surface area (Å²) in [5, 5.41) is 7.62. The molecule has 3 nitrogen and oxygen atoms in total. The minimum absolute atomic E-state index is 0.273. The molecule has 1 aliphatic rings. The average Bonchev–Trinajstić information content (AvgIpc) is 2.84. The van der Waals surface area contributed by atoms with Crippen molar-refractivity contribution in [3.63, 3.8) is 0 Å². The van der Waals surface area contributed by atoms with E-state index >= 15 is 0 Å². The van der Waals surface area contributed by atoms with E-state index in [-0.39, 0.29) is 6.10 Å². The highest BCUT2D eigenvalue weighted by Crippen LogP contribution is 2.27. The number of thiocarbonyl (C=S) groups is 1. The van der Waals surface area contributed by atoms with Gasteiger partial charge in [-0.3, -0.25) is 0 Å². The Hall–Kier alpha value is -0.840. The molecule has 1 atom stereocenters. The van der Waals surface area contributed by atoms with Gasteiger partial charge in [-0.05, 0) is 56.1 Å². The zero-order valence-electron chi connectivity index (χ0n) is 11.3. The molecule has 1 aliphatic heterocycles. The molecule has 2 rings (SSSR count). The van der Waals surface area contributed by atoms with Gasteiger partial charge < -0.3 is 15.4 Å². The van der Waals surface area contributed by atoms with Gasteiger partial charge in [0.1, 0.15) is 0 Å². The standard InChI is InChI=1S/C14H19ClN2OS/c1-9-6-10(2)13(12(15)7-9)17-14(19)16-8-11-4-3-5-18-11/h6-7,11H,3-5,8H2,1-2H3,(H2,16,17,19)/t11-/m1/s1. The normalized spacial score (nSPS) is 18.4. The summed E-state index contributed by atoms with van der Waals surface area (Å²) in [6.45, 7) is 5.64. The maximum atomic E-state index is 6.23. The van der Waals surface area contributed by atoms with Gasteiger partial charge in [0.05, 0.1) is 16.8 Å². The molecule has 1 aromatic carbocycles. The largest absolute Gasteiger partial charge is 0.376 e. The second-order valence-corrected chi connectivity index (χ2v) is 5.72. The van der Waals surface area contributed by atoms with Crippen LogP contribution in [0.5, 0.6) is 0 Å². The summed E-state index contributed by atoms with van der Waals surface area (Å²) in [5.74, 6) is 0. The predicted molar refractivity (Wildman–Crippen MR) is 84.1 cm³/mol. The molecule has 0 radical (unpaired) electrons. The molecule has 0 amide bonds. The number of halogens is 1. The molecule has 1 heterocycles. The molecular weight excluding hydrogens is 280 g/mol. The van der Waals surface area contributed by atoms with E-state index in [1.165, 1.54) is 0 Å². The summed E-state index contributed by atoms with van der Waals surface area (Å²) in [6, 6.07) is 4.01. The molecule has 0 unspecified atom stereocenters. The Kier molecular flexibility index (Phi) is 5.02. The summed E-state index contributed by atoms with van der Waals surface area (Å²) < 4.78 is 5.54. The minimum Gasteiger partial charge on any atom is -0.376 e. The van der Waals surface area contributed by atoms with Crippen LogP contribution in [0.2, 0.25) is 5.02 Å². The molecular formula is C14H19ClN2OS. The van der Waals surface area contributed by atoms with Crippen molar-refractivity contribution < 1.29 is 4.74 Å². The number of anilines is 1. The zero-order valence-corrected chi connectivity index (χ0v) is 12.8. The fourth-order valence-corrected chi connectivity index (χ4v) is 2.80. The van der Waals surface area contributed by atoms with Crippen molar-refractivity contribution in [3.8, 4) is 0 Å². The number of hydrogen-bond acceptors (Lipinski definition) is 2. The van der Waals surface area contributed by atoms with Gasteiger partial charge in [0.2, 0.25) is 0 Å². The van der Waals surface area contributed by atoms with Crippen molar-refractivity contribution in [3.05, 3.63) is 28.3 Å². The number of nitrogens with one attached hydrogen (secondary N) is 2. The second-order valence-electron chi connectivity index (χ2n) is 4.91. The van der Waals surface area contributed by atoms with Crippen LogP contribution in [-0.4, -0.2) is 24.4 Å². The molecule has 0 spiro atoms. The fourth-order valence-electron chi connectivity index (χ4n) is 2.24. The highest BCUT2D eigenvalue weighted by Gasteiger charge is 2.15. The molecule has 1 fully saturated rings. The maximum absolute atomic E-state index is 6.23. The summed E-state index contributed by atoms with van der Waals surface area (Å²) in [6.07, 6.45) is 2.50. The molecule has 19 heavy (non-hydrogen) atoms. The van der Waals surface area contributed by atoms with E-state index < -0.39 is 0 Å². The van der Waals surface area contributed by atoms with Crippen molar-refractivity contribution in [2.45, 2.75) is 32.8 Å². The molecule has 5 heteroatoms. The molecule has 0 bridgehead atoms. The predicted octanol–water partition coefficient (Wildman–Crippen LogP) is 3.42. The highest BCUT2D eigenvalue weighted by molar-refractivity contribution is 7.80. The lowest BCUT2D eigenvalue weighted by molar-refractivity contribution is 0.114. The lowest BCUT2D eigenvalue weighted by atomic mass is 10.1. The van der Waals surface area contributed by atoms with Crippen molar-refractivity contribution in [1.82, 2.24) is 5.32 Å². The van der Waals surface area contributed by atoms with Gasteiger partial charge in [-0.25, -0.2) is 0 Å². The van der Waals surface area contributed by atoms with Crippen LogP contribution in [0.25, 0.3) is 0 Å². The molecule has 0 aliphatic carbocycles. The molecule has 104 valence electrons. The third-order valence-electron chi connectivity index (χ3n) is 3.18. The lowest BCUT2D eigenvalue weighted by Crippen LogP contribution is -2.35. The van der Waals surface area contributed by atoms with E-state index in [1.54, 1.807) is 0 Å². The van der Waals surface area contributed by atoms with Crippen molar-refractivity contribution in [2.24, 2.45) is 0 Å². The second kappa shape index (κ2) is 6.55. The van der Waals surface area contributed by atoms with Crippen LogP contribution in [-0.2, 0) is 4.74 Å².